The van der Waals surface area contributed by atoms with Crippen LogP contribution >= 0.6 is 0 Å². The molecule has 1 aliphatic heterocycles. The molecule has 1 unspecified atom stereocenters. The van der Waals surface area contributed by atoms with Gasteiger partial charge in [-0.25, -0.2) is 0 Å². The quantitative estimate of drug-likeness (QED) is 0.901. The molecule has 1 atom stereocenters. The van der Waals surface area contributed by atoms with Crippen molar-refractivity contribution in [3.63, 3.8) is 0 Å². The van der Waals surface area contributed by atoms with Crippen LogP contribution < -0.4 is 15.0 Å². The van der Waals surface area contributed by atoms with E-state index in [0.717, 1.165) is 12.8 Å². The number of ether oxygens (including phenoxy) is 1. The molecule has 2 aliphatic rings. The fourth-order valence-corrected chi connectivity index (χ4v) is 2.58. The van der Waals surface area contributed by atoms with Crippen LogP contribution in [0.5, 0.6) is 5.75 Å². The van der Waals surface area contributed by atoms with E-state index in [9.17, 15) is 9.59 Å². The molecule has 1 N–H and O–H groups in total. The number of para-hydroxylation sites is 2. The van der Waals surface area contributed by atoms with Gasteiger partial charge in [0, 0.05) is 0 Å². The summed E-state index contributed by atoms with van der Waals surface area (Å²) in [6, 6.07) is 6.99. The van der Waals surface area contributed by atoms with E-state index in [0.29, 0.717) is 24.0 Å². The van der Waals surface area contributed by atoms with Crippen molar-refractivity contribution in [2.24, 2.45) is 5.92 Å². The van der Waals surface area contributed by atoms with Crippen LogP contribution in [0, 0.1) is 5.92 Å². The molecule has 1 saturated carbocycles. The van der Waals surface area contributed by atoms with Crippen molar-refractivity contribution in [3.05, 3.63) is 24.3 Å². The number of carbonyl (C=O) groups is 2. The number of amides is 2. The topological polar surface area (TPSA) is 58.6 Å². The molecule has 0 spiro atoms. The lowest BCUT2D eigenvalue weighted by Crippen LogP contribution is -2.59. The third-order valence-corrected chi connectivity index (χ3v) is 3.70. The lowest BCUT2D eigenvalue weighted by Gasteiger charge is -2.33. The van der Waals surface area contributed by atoms with Gasteiger partial charge in [0.2, 0.25) is 11.8 Å². The standard InChI is InChI=1S/C15H18N2O3/c1-2-20-12-6-4-3-5-11(12)17-9-13(18)16-14(15(17)19)10-7-8-10/h3-6,10,14H,2,7-9H2,1H3,(H,16,18). The predicted molar refractivity (Wildman–Crippen MR) is 74.6 cm³/mol. The highest BCUT2D eigenvalue weighted by atomic mass is 16.5. The van der Waals surface area contributed by atoms with E-state index in [1.54, 1.807) is 4.90 Å². The normalized spacial score (nSPS) is 22.6. The van der Waals surface area contributed by atoms with E-state index in [4.69, 9.17) is 4.74 Å². The summed E-state index contributed by atoms with van der Waals surface area (Å²) in [6.45, 7) is 2.48. The number of benzene rings is 1. The molecule has 106 valence electrons. The Morgan fingerprint density at radius 2 is 2.05 bits per heavy atom. The van der Waals surface area contributed by atoms with Crippen LogP contribution in [0.4, 0.5) is 5.69 Å². The molecular weight excluding hydrogens is 256 g/mol. The molecule has 1 heterocycles. The Morgan fingerprint density at radius 1 is 1.30 bits per heavy atom. The second-order valence-corrected chi connectivity index (χ2v) is 5.21. The maximum Gasteiger partial charge on any atom is 0.250 e. The molecule has 2 fully saturated rings. The second-order valence-electron chi connectivity index (χ2n) is 5.21. The minimum Gasteiger partial charge on any atom is -0.492 e. The number of nitrogens with one attached hydrogen (secondary N) is 1. The van der Waals surface area contributed by atoms with Crippen molar-refractivity contribution in [1.29, 1.82) is 0 Å². The van der Waals surface area contributed by atoms with Crippen molar-refractivity contribution in [2.75, 3.05) is 18.1 Å². The van der Waals surface area contributed by atoms with Gasteiger partial charge in [0.15, 0.2) is 0 Å². The molecule has 1 aromatic carbocycles. The van der Waals surface area contributed by atoms with Gasteiger partial charge in [-0.2, -0.15) is 0 Å². The monoisotopic (exact) mass is 274 g/mol. The highest BCUT2D eigenvalue weighted by Gasteiger charge is 2.43. The third kappa shape index (κ3) is 2.35. The SMILES string of the molecule is CCOc1ccccc1N1CC(=O)NC(C2CC2)C1=O. The van der Waals surface area contributed by atoms with Crippen molar-refractivity contribution >= 4 is 17.5 Å². The minimum absolute atomic E-state index is 0.0285. The van der Waals surface area contributed by atoms with Gasteiger partial charge in [-0.1, -0.05) is 12.1 Å². The van der Waals surface area contributed by atoms with E-state index < -0.39 is 0 Å². The summed E-state index contributed by atoms with van der Waals surface area (Å²) in [4.78, 5) is 26.0. The molecule has 0 bridgehead atoms. The lowest BCUT2D eigenvalue weighted by molar-refractivity contribution is -0.131. The van der Waals surface area contributed by atoms with Gasteiger partial charge in [-0.3, -0.25) is 14.5 Å². The first-order valence-electron chi connectivity index (χ1n) is 7.03. The van der Waals surface area contributed by atoms with E-state index in [-0.39, 0.29) is 24.4 Å². The van der Waals surface area contributed by atoms with Gasteiger partial charge < -0.3 is 10.1 Å². The molecule has 0 radical (unpaired) electrons. The summed E-state index contributed by atoms with van der Waals surface area (Å²) in [6.07, 6.45) is 2.02. The summed E-state index contributed by atoms with van der Waals surface area (Å²) in [7, 11) is 0. The molecule has 5 heteroatoms. The Hall–Kier alpha value is -2.04. The first-order valence-corrected chi connectivity index (χ1v) is 7.03. The zero-order valence-corrected chi connectivity index (χ0v) is 11.5. The molecule has 1 aromatic rings. The zero-order chi connectivity index (χ0) is 14.1. The summed E-state index contributed by atoms with van der Waals surface area (Å²) in [5.41, 5.74) is 0.680. The average molecular weight is 274 g/mol. The van der Waals surface area contributed by atoms with Crippen molar-refractivity contribution in [1.82, 2.24) is 5.32 Å². The smallest absolute Gasteiger partial charge is 0.250 e. The average Bonchev–Trinajstić information content (AvgIpc) is 3.27. The molecule has 1 aliphatic carbocycles. The Balaban J connectivity index is 1.91. The molecule has 20 heavy (non-hydrogen) atoms. The van der Waals surface area contributed by atoms with Crippen molar-refractivity contribution in [2.45, 2.75) is 25.8 Å². The molecular formula is C15H18N2O3. The summed E-state index contributed by atoms with van der Waals surface area (Å²) in [5, 5.41) is 2.81. The fraction of sp³-hybridized carbons (Fsp3) is 0.467. The van der Waals surface area contributed by atoms with Crippen LogP contribution in [-0.2, 0) is 9.59 Å². The van der Waals surface area contributed by atoms with Crippen LogP contribution in [0.15, 0.2) is 24.3 Å². The van der Waals surface area contributed by atoms with Gasteiger partial charge >= 0.3 is 0 Å². The number of hydrogen-bond acceptors (Lipinski definition) is 3. The van der Waals surface area contributed by atoms with Gasteiger partial charge in [0.05, 0.1) is 12.3 Å². The number of piperazine rings is 1. The minimum atomic E-state index is -0.370. The van der Waals surface area contributed by atoms with Crippen LogP contribution in [-0.4, -0.2) is 31.0 Å². The number of rotatable bonds is 4. The van der Waals surface area contributed by atoms with Gasteiger partial charge in [0.1, 0.15) is 18.3 Å². The Morgan fingerprint density at radius 3 is 2.75 bits per heavy atom. The van der Waals surface area contributed by atoms with Gasteiger partial charge in [0.25, 0.3) is 0 Å². The molecule has 5 nitrogen and oxygen atoms in total. The lowest BCUT2D eigenvalue weighted by atomic mass is 10.1. The Labute approximate surface area is 117 Å². The summed E-state index contributed by atoms with van der Waals surface area (Å²) >= 11 is 0. The number of hydrogen-bond donors (Lipinski definition) is 1. The maximum atomic E-state index is 12.6. The van der Waals surface area contributed by atoms with Crippen LogP contribution in [0.25, 0.3) is 0 Å². The van der Waals surface area contributed by atoms with Gasteiger partial charge in [-0.05, 0) is 37.8 Å². The van der Waals surface area contributed by atoms with Gasteiger partial charge in [-0.15, -0.1) is 0 Å². The first-order chi connectivity index (χ1) is 9.70. The molecule has 0 aromatic heterocycles. The summed E-state index contributed by atoms with van der Waals surface area (Å²) in [5.74, 6) is 0.813. The Kier molecular flexibility index (Phi) is 3.34. The molecule has 3 rings (SSSR count). The largest absolute Gasteiger partial charge is 0.492 e. The number of carbonyl (C=O) groups excluding carboxylic acids is 2. The zero-order valence-electron chi connectivity index (χ0n) is 11.5. The molecule has 1 saturated heterocycles. The second kappa shape index (κ2) is 5.15. The fourth-order valence-electron chi connectivity index (χ4n) is 2.58. The molecule has 2 amide bonds. The van der Waals surface area contributed by atoms with Crippen molar-refractivity contribution < 1.29 is 14.3 Å². The van der Waals surface area contributed by atoms with E-state index >= 15 is 0 Å². The van der Waals surface area contributed by atoms with E-state index in [1.807, 2.05) is 31.2 Å². The van der Waals surface area contributed by atoms with Crippen LogP contribution in [0.3, 0.4) is 0 Å². The first kappa shape index (κ1) is 13.0. The Bertz CT molecular complexity index is 540. The van der Waals surface area contributed by atoms with Crippen LogP contribution in [0.2, 0.25) is 0 Å². The van der Waals surface area contributed by atoms with E-state index in [1.165, 1.54) is 0 Å². The van der Waals surface area contributed by atoms with Crippen molar-refractivity contribution in [3.8, 4) is 5.75 Å². The highest BCUT2D eigenvalue weighted by Crippen LogP contribution is 2.36. The summed E-state index contributed by atoms with van der Waals surface area (Å²) < 4.78 is 5.56. The third-order valence-electron chi connectivity index (χ3n) is 3.70. The highest BCUT2D eigenvalue weighted by molar-refractivity contribution is 6.07. The number of nitrogens with zero attached hydrogens (tertiary/aromatic N) is 1. The predicted octanol–water partition coefficient (Wildman–Crippen LogP) is 1.33. The number of anilines is 1. The maximum absolute atomic E-state index is 12.6. The van der Waals surface area contributed by atoms with Crippen LogP contribution in [0.1, 0.15) is 19.8 Å². The van der Waals surface area contributed by atoms with E-state index in [2.05, 4.69) is 5.32 Å².